The van der Waals surface area contributed by atoms with Crippen LogP contribution in [0, 0.1) is 23.7 Å². The highest BCUT2D eigenvalue weighted by Crippen LogP contribution is 2.52. The molecule has 0 aromatic heterocycles. The summed E-state index contributed by atoms with van der Waals surface area (Å²) in [7, 11) is 0. The van der Waals surface area contributed by atoms with Gasteiger partial charge < -0.3 is 0 Å². The molecule has 2 rings (SSSR count). The molecule has 0 aromatic carbocycles. The van der Waals surface area contributed by atoms with Crippen molar-refractivity contribution in [1.82, 2.24) is 0 Å². The summed E-state index contributed by atoms with van der Waals surface area (Å²) in [5.41, 5.74) is 0. The van der Waals surface area contributed by atoms with Crippen LogP contribution < -0.4 is 0 Å². The molecule has 0 aromatic rings. The normalized spacial score (nSPS) is 50.7. The van der Waals surface area contributed by atoms with Gasteiger partial charge in [-0.2, -0.15) is 0 Å². The summed E-state index contributed by atoms with van der Waals surface area (Å²) < 4.78 is 0. The summed E-state index contributed by atoms with van der Waals surface area (Å²) in [5, 5.41) is 0. The molecule has 0 bridgehead atoms. The van der Waals surface area contributed by atoms with Crippen molar-refractivity contribution < 1.29 is 0 Å². The zero-order valence-electron chi connectivity index (χ0n) is 6.43. The van der Waals surface area contributed by atoms with Gasteiger partial charge >= 0.3 is 0 Å². The van der Waals surface area contributed by atoms with E-state index in [0.717, 1.165) is 23.7 Å². The summed E-state index contributed by atoms with van der Waals surface area (Å²) in [6.07, 6.45) is 4.62. The van der Waals surface area contributed by atoms with Crippen LogP contribution in [-0.2, 0) is 0 Å². The van der Waals surface area contributed by atoms with Crippen molar-refractivity contribution in [2.75, 3.05) is 0 Å². The van der Waals surface area contributed by atoms with E-state index in [1.54, 1.807) is 12.8 Å². The maximum atomic E-state index is 2.43. The molecule has 2 aliphatic rings. The Morgan fingerprint density at radius 2 is 1.78 bits per heavy atom. The lowest BCUT2D eigenvalue weighted by atomic mass is 9.64. The summed E-state index contributed by atoms with van der Waals surface area (Å²) in [5.74, 6) is 4.39. The largest absolute Gasteiger partial charge is 0.0622 e. The third-order valence-corrected chi connectivity index (χ3v) is 3.44. The van der Waals surface area contributed by atoms with Crippen molar-refractivity contribution in [3.8, 4) is 0 Å². The molecule has 0 spiro atoms. The van der Waals surface area contributed by atoms with E-state index in [9.17, 15) is 0 Å². The van der Waals surface area contributed by atoms with Gasteiger partial charge in [0.2, 0.25) is 0 Å². The smallest absolute Gasteiger partial charge is 0.0355 e. The average molecular weight is 124 g/mol. The molecule has 9 heavy (non-hydrogen) atoms. The maximum absolute atomic E-state index is 2.43. The molecule has 0 aliphatic heterocycles. The molecule has 2 aliphatic carbocycles. The molecule has 0 N–H and O–H groups in total. The molecule has 3 unspecified atom stereocenters. The van der Waals surface area contributed by atoms with Crippen molar-refractivity contribution in [3.63, 3.8) is 0 Å². The predicted octanol–water partition coefficient (Wildman–Crippen LogP) is 2.69. The van der Waals surface area contributed by atoms with Gasteiger partial charge in [0.15, 0.2) is 0 Å². The zero-order chi connectivity index (χ0) is 6.43. The summed E-state index contributed by atoms with van der Waals surface area (Å²) in [6.45, 7) is 4.82. The predicted molar refractivity (Wildman–Crippen MR) is 39.2 cm³/mol. The van der Waals surface area contributed by atoms with Gasteiger partial charge in [-0.1, -0.05) is 13.8 Å². The second-order valence-corrected chi connectivity index (χ2v) is 4.07. The molecular formula is C9H16. The van der Waals surface area contributed by atoms with Crippen molar-refractivity contribution in [1.29, 1.82) is 0 Å². The van der Waals surface area contributed by atoms with Gasteiger partial charge in [-0.05, 0) is 42.9 Å². The van der Waals surface area contributed by atoms with E-state index in [4.69, 9.17) is 0 Å². The lowest BCUT2D eigenvalue weighted by Crippen LogP contribution is -2.33. The lowest BCUT2D eigenvalue weighted by molar-refractivity contribution is 0.0834. The highest BCUT2D eigenvalue weighted by Gasteiger charge is 2.43. The molecule has 0 saturated heterocycles. The van der Waals surface area contributed by atoms with Crippen molar-refractivity contribution in [2.24, 2.45) is 23.7 Å². The van der Waals surface area contributed by atoms with Gasteiger partial charge in [0.25, 0.3) is 0 Å². The molecule has 0 heterocycles. The Morgan fingerprint density at radius 3 is 2.11 bits per heavy atom. The minimum Gasteiger partial charge on any atom is -0.0622 e. The van der Waals surface area contributed by atoms with E-state index >= 15 is 0 Å². The SMILES string of the molecule is CC1CC(C2CC2)C1C. The quantitative estimate of drug-likeness (QED) is 0.504. The van der Waals surface area contributed by atoms with Crippen LogP contribution in [0.3, 0.4) is 0 Å². The molecular weight excluding hydrogens is 108 g/mol. The topological polar surface area (TPSA) is 0 Å². The first-order valence-corrected chi connectivity index (χ1v) is 4.29. The first-order chi connectivity index (χ1) is 4.29. The van der Waals surface area contributed by atoms with Crippen LogP contribution in [0.4, 0.5) is 0 Å². The van der Waals surface area contributed by atoms with E-state index in [-0.39, 0.29) is 0 Å². The summed E-state index contributed by atoms with van der Waals surface area (Å²) in [6, 6.07) is 0. The van der Waals surface area contributed by atoms with Crippen molar-refractivity contribution in [2.45, 2.75) is 33.1 Å². The second-order valence-electron chi connectivity index (χ2n) is 4.07. The van der Waals surface area contributed by atoms with Crippen LogP contribution in [0.1, 0.15) is 33.1 Å². The van der Waals surface area contributed by atoms with Gasteiger partial charge in [0.1, 0.15) is 0 Å². The van der Waals surface area contributed by atoms with Crippen molar-refractivity contribution in [3.05, 3.63) is 0 Å². The van der Waals surface area contributed by atoms with E-state index in [2.05, 4.69) is 13.8 Å². The summed E-state index contributed by atoms with van der Waals surface area (Å²) in [4.78, 5) is 0. The molecule has 0 radical (unpaired) electrons. The third kappa shape index (κ3) is 0.798. The van der Waals surface area contributed by atoms with Gasteiger partial charge in [-0.3, -0.25) is 0 Å². The lowest BCUT2D eigenvalue weighted by Gasteiger charge is -2.41. The second kappa shape index (κ2) is 1.74. The molecule has 3 atom stereocenters. The summed E-state index contributed by atoms with van der Waals surface area (Å²) >= 11 is 0. The third-order valence-electron chi connectivity index (χ3n) is 3.44. The maximum Gasteiger partial charge on any atom is -0.0355 e. The number of rotatable bonds is 1. The zero-order valence-corrected chi connectivity index (χ0v) is 6.43. The monoisotopic (exact) mass is 124 g/mol. The van der Waals surface area contributed by atoms with Gasteiger partial charge in [0, 0.05) is 0 Å². The molecule has 0 nitrogen and oxygen atoms in total. The van der Waals surface area contributed by atoms with E-state index < -0.39 is 0 Å². The fraction of sp³-hybridized carbons (Fsp3) is 1.00. The van der Waals surface area contributed by atoms with Crippen LogP contribution in [-0.4, -0.2) is 0 Å². The van der Waals surface area contributed by atoms with Crippen LogP contribution in [0.2, 0.25) is 0 Å². The van der Waals surface area contributed by atoms with Crippen LogP contribution >= 0.6 is 0 Å². The Bertz CT molecular complexity index is 113. The Hall–Kier alpha value is 0. The number of hydrogen-bond donors (Lipinski definition) is 0. The van der Waals surface area contributed by atoms with E-state index in [0.29, 0.717) is 0 Å². The molecule has 2 saturated carbocycles. The average Bonchev–Trinajstić information content (AvgIpc) is 2.63. The first kappa shape index (κ1) is 5.76. The van der Waals surface area contributed by atoms with Crippen LogP contribution in [0.15, 0.2) is 0 Å². The fourth-order valence-corrected chi connectivity index (χ4v) is 2.23. The number of hydrogen-bond acceptors (Lipinski definition) is 0. The van der Waals surface area contributed by atoms with Crippen LogP contribution in [0.25, 0.3) is 0 Å². The minimum atomic E-state index is 1.04. The molecule has 52 valence electrons. The van der Waals surface area contributed by atoms with E-state index in [1.807, 2.05) is 0 Å². The Balaban J connectivity index is 1.88. The van der Waals surface area contributed by atoms with Crippen LogP contribution in [0.5, 0.6) is 0 Å². The highest BCUT2D eigenvalue weighted by molar-refractivity contribution is 4.93. The molecule has 0 amide bonds. The molecule has 0 heteroatoms. The van der Waals surface area contributed by atoms with Gasteiger partial charge in [-0.25, -0.2) is 0 Å². The first-order valence-electron chi connectivity index (χ1n) is 4.29. The minimum absolute atomic E-state index is 1.04. The van der Waals surface area contributed by atoms with Crippen molar-refractivity contribution >= 4 is 0 Å². The van der Waals surface area contributed by atoms with Gasteiger partial charge in [0.05, 0.1) is 0 Å². The molecule has 2 fully saturated rings. The van der Waals surface area contributed by atoms with Gasteiger partial charge in [-0.15, -0.1) is 0 Å². The van der Waals surface area contributed by atoms with E-state index in [1.165, 1.54) is 6.42 Å². The highest BCUT2D eigenvalue weighted by atomic mass is 14.5. The Morgan fingerprint density at radius 1 is 1.11 bits per heavy atom. The Kier molecular flexibility index (Phi) is 1.12. The fourth-order valence-electron chi connectivity index (χ4n) is 2.23. The standard InChI is InChI=1S/C9H16/c1-6-5-9(7(6)2)8-3-4-8/h6-9H,3-5H2,1-2H3. The Labute approximate surface area is 57.6 Å².